The molecule has 0 aliphatic carbocycles. The van der Waals surface area contributed by atoms with Crippen LogP contribution >= 0.6 is 0 Å². The summed E-state index contributed by atoms with van der Waals surface area (Å²) >= 11 is 0. The summed E-state index contributed by atoms with van der Waals surface area (Å²) in [5, 5.41) is 0. The van der Waals surface area contributed by atoms with Crippen molar-refractivity contribution >= 4 is 0 Å². The van der Waals surface area contributed by atoms with E-state index in [2.05, 4.69) is 44.7 Å². The molecule has 0 radical (unpaired) electrons. The summed E-state index contributed by atoms with van der Waals surface area (Å²) in [6, 6.07) is 8.63. The highest BCUT2D eigenvalue weighted by atomic mass is 19.1. The van der Waals surface area contributed by atoms with Crippen LogP contribution in [-0.4, -0.2) is 6.61 Å². The van der Waals surface area contributed by atoms with Crippen molar-refractivity contribution in [3.63, 3.8) is 0 Å². The van der Waals surface area contributed by atoms with Gasteiger partial charge in [0.15, 0.2) is 0 Å². The molecule has 0 fully saturated rings. The smallest absolute Gasteiger partial charge is 0.0954 e. The fraction of sp³-hybridized carbons (Fsp3) is 0.429. The molecule has 2 heteroatoms. The van der Waals surface area contributed by atoms with Gasteiger partial charge in [0, 0.05) is 0 Å². The molecule has 23 heavy (non-hydrogen) atoms. The zero-order valence-electron chi connectivity index (χ0n) is 15.2. The normalized spacial score (nSPS) is 12.0. The SMILES string of the molecule is C/C=C(/F)CC.C=C/C=C(\C)COCc1ccc(C(C)C)cc1. The summed E-state index contributed by atoms with van der Waals surface area (Å²) in [6.45, 7) is 14.9. The first-order valence-corrected chi connectivity index (χ1v) is 8.20. The van der Waals surface area contributed by atoms with E-state index in [1.165, 1.54) is 22.8 Å². The molecule has 0 unspecified atom stereocenters. The second kappa shape index (κ2) is 12.8. The van der Waals surface area contributed by atoms with Crippen LogP contribution in [0.25, 0.3) is 0 Å². The molecule has 128 valence electrons. The molecule has 0 saturated carbocycles. The Labute approximate surface area is 141 Å². The number of hydrogen-bond donors (Lipinski definition) is 0. The van der Waals surface area contributed by atoms with Gasteiger partial charge in [-0.05, 0) is 42.9 Å². The number of ether oxygens (including phenoxy) is 1. The molecule has 1 nitrogen and oxygen atoms in total. The van der Waals surface area contributed by atoms with Crippen molar-refractivity contribution in [1.29, 1.82) is 0 Å². The Morgan fingerprint density at radius 1 is 1.26 bits per heavy atom. The van der Waals surface area contributed by atoms with E-state index in [4.69, 9.17) is 4.74 Å². The summed E-state index contributed by atoms with van der Waals surface area (Å²) in [7, 11) is 0. The highest BCUT2D eigenvalue weighted by Gasteiger charge is 1.99. The summed E-state index contributed by atoms with van der Waals surface area (Å²) in [6.07, 6.45) is 5.76. The Morgan fingerprint density at radius 2 is 1.87 bits per heavy atom. The average molecular weight is 318 g/mol. The van der Waals surface area contributed by atoms with Crippen LogP contribution in [0, 0.1) is 0 Å². The van der Waals surface area contributed by atoms with Crippen molar-refractivity contribution in [2.75, 3.05) is 6.61 Å². The lowest BCUT2D eigenvalue weighted by Crippen LogP contribution is -1.97. The first-order chi connectivity index (χ1) is 10.9. The third-order valence-electron chi connectivity index (χ3n) is 3.30. The number of rotatable bonds is 7. The molecule has 1 aromatic rings. The van der Waals surface area contributed by atoms with Gasteiger partial charge in [0.25, 0.3) is 0 Å². The molecule has 0 amide bonds. The minimum atomic E-state index is -0.0324. The van der Waals surface area contributed by atoms with Gasteiger partial charge in [-0.15, -0.1) is 0 Å². The van der Waals surface area contributed by atoms with E-state index in [1.54, 1.807) is 19.9 Å². The van der Waals surface area contributed by atoms with Gasteiger partial charge in [-0.2, -0.15) is 0 Å². The quantitative estimate of drug-likeness (QED) is 0.506. The van der Waals surface area contributed by atoms with Crippen molar-refractivity contribution in [1.82, 2.24) is 0 Å². The second-order valence-corrected chi connectivity index (χ2v) is 5.73. The molecule has 0 bridgehead atoms. The first kappa shape index (κ1) is 21.3. The molecule has 0 heterocycles. The maximum Gasteiger partial charge on any atom is 0.0954 e. The van der Waals surface area contributed by atoms with E-state index >= 15 is 0 Å². The van der Waals surface area contributed by atoms with Gasteiger partial charge in [0.1, 0.15) is 0 Å². The van der Waals surface area contributed by atoms with E-state index in [9.17, 15) is 4.39 Å². The van der Waals surface area contributed by atoms with E-state index in [0.29, 0.717) is 25.6 Å². The van der Waals surface area contributed by atoms with Crippen molar-refractivity contribution in [3.05, 3.63) is 71.6 Å². The lowest BCUT2D eigenvalue weighted by molar-refractivity contribution is 0.142. The largest absolute Gasteiger partial charge is 0.372 e. The van der Waals surface area contributed by atoms with Gasteiger partial charge < -0.3 is 4.74 Å². The molecule has 0 atom stereocenters. The molecule has 0 aliphatic rings. The standard InChI is InChI=1S/C16H22O.C5H9F/c1-5-6-14(4)11-17-12-15-7-9-16(10-8-15)13(2)3;1-3-5(6)4-2/h5-10,13H,1,11-12H2,2-4H3;3H,4H2,1-2H3/b14-6+;5-3+. The van der Waals surface area contributed by atoms with E-state index in [-0.39, 0.29) is 5.83 Å². The molecular weight excluding hydrogens is 287 g/mol. The predicted molar refractivity (Wildman–Crippen MR) is 99.3 cm³/mol. The Balaban J connectivity index is 0.000000688. The Kier molecular flexibility index (Phi) is 11.9. The fourth-order valence-corrected chi connectivity index (χ4v) is 1.78. The van der Waals surface area contributed by atoms with Crippen LogP contribution in [-0.2, 0) is 11.3 Å². The van der Waals surface area contributed by atoms with E-state index in [0.717, 1.165) is 0 Å². The maximum atomic E-state index is 11.7. The van der Waals surface area contributed by atoms with Gasteiger partial charge in [-0.1, -0.05) is 69.8 Å². The first-order valence-electron chi connectivity index (χ1n) is 8.20. The van der Waals surface area contributed by atoms with Gasteiger partial charge in [-0.3, -0.25) is 0 Å². The summed E-state index contributed by atoms with van der Waals surface area (Å²) in [4.78, 5) is 0. The minimum absolute atomic E-state index is 0.0324. The Bertz CT molecular complexity index is 495. The molecular formula is C21H31FO. The van der Waals surface area contributed by atoms with Crippen molar-refractivity contribution < 1.29 is 9.13 Å². The van der Waals surface area contributed by atoms with Crippen molar-refractivity contribution in [2.45, 2.75) is 53.6 Å². The van der Waals surface area contributed by atoms with Crippen LogP contribution < -0.4 is 0 Å². The minimum Gasteiger partial charge on any atom is -0.372 e. The third kappa shape index (κ3) is 10.6. The zero-order valence-corrected chi connectivity index (χ0v) is 15.2. The summed E-state index contributed by atoms with van der Waals surface area (Å²) < 4.78 is 17.3. The lowest BCUT2D eigenvalue weighted by atomic mass is 10.0. The molecule has 1 rings (SSSR count). The maximum absolute atomic E-state index is 11.7. The van der Waals surface area contributed by atoms with Crippen molar-refractivity contribution in [3.8, 4) is 0 Å². The van der Waals surface area contributed by atoms with Gasteiger partial charge in [-0.25, -0.2) is 4.39 Å². The van der Waals surface area contributed by atoms with Gasteiger partial charge >= 0.3 is 0 Å². The highest BCUT2D eigenvalue weighted by Crippen LogP contribution is 2.15. The number of allylic oxidation sites excluding steroid dienone is 4. The van der Waals surface area contributed by atoms with Crippen LogP contribution in [0.1, 0.15) is 58.1 Å². The van der Waals surface area contributed by atoms with Crippen molar-refractivity contribution in [2.24, 2.45) is 0 Å². The summed E-state index contributed by atoms with van der Waals surface area (Å²) in [5.74, 6) is 0.553. The molecule has 0 saturated heterocycles. The topological polar surface area (TPSA) is 9.23 Å². The molecule has 0 spiro atoms. The van der Waals surface area contributed by atoms with E-state index < -0.39 is 0 Å². The summed E-state index contributed by atoms with van der Waals surface area (Å²) in [5.41, 5.74) is 3.79. The Hall–Kier alpha value is -1.67. The van der Waals surface area contributed by atoms with Crippen LogP contribution in [0.5, 0.6) is 0 Å². The average Bonchev–Trinajstić information content (AvgIpc) is 2.55. The molecule has 0 aromatic heterocycles. The molecule has 1 aromatic carbocycles. The van der Waals surface area contributed by atoms with Crippen LogP contribution in [0.15, 0.2) is 60.5 Å². The van der Waals surface area contributed by atoms with Gasteiger partial charge in [0.2, 0.25) is 0 Å². The predicted octanol–water partition coefficient (Wildman–Crippen LogP) is 6.73. The van der Waals surface area contributed by atoms with Crippen LogP contribution in [0.2, 0.25) is 0 Å². The molecule has 0 aliphatic heterocycles. The fourth-order valence-electron chi connectivity index (χ4n) is 1.78. The Morgan fingerprint density at radius 3 is 2.26 bits per heavy atom. The number of hydrogen-bond acceptors (Lipinski definition) is 1. The van der Waals surface area contributed by atoms with Crippen LogP contribution in [0.4, 0.5) is 4.39 Å². The highest BCUT2D eigenvalue weighted by molar-refractivity contribution is 5.24. The van der Waals surface area contributed by atoms with Crippen LogP contribution in [0.3, 0.4) is 0 Å². The number of benzene rings is 1. The zero-order chi connectivity index (χ0) is 17.7. The lowest BCUT2D eigenvalue weighted by Gasteiger charge is -2.07. The molecule has 0 N–H and O–H groups in total. The second-order valence-electron chi connectivity index (χ2n) is 5.73. The number of halogens is 1. The van der Waals surface area contributed by atoms with Gasteiger partial charge in [0.05, 0.1) is 19.0 Å². The third-order valence-corrected chi connectivity index (χ3v) is 3.30. The van der Waals surface area contributed by atoms with E-state index in [1.807, 2.05) is 13.0 Å². The monoisotopic (exact) mass is 318 g/mol.